The first kappa shape index (κ1) is 27.9. The van der Waals surface area contributed by atoms with Gasteiger partial charge < -0.3 is 4.74 Å². The molecule has 0 amide bonds. The minimum absolute atomic E-state index is 0.120. The molecule has 1 aliphatic heterocycles. The summed E-state index contributed by atoms with van der Waals surface area (Å²) >= 11 is 12.0. The van der Waals surface area contributed by atoms with E-state index in [4.69, 9.17) is 27.9 Å². The van der Waals surface area contributed by atoms with E-state index in [0.717, 1.165) is 17.7 Å². The molecule has 1 saturated heterocycles. The minimum Gasteiger partial charge on any atom is -0.368 e. The number of halogens is 5. The molecule has 0 bridgehead atoms. The molecule has 0 radical (unpaired) electrons. The van der Waals surface area contributed by atoms with E-state index in [1.54, 1.807) is 24.3 Å². The van der Waals surface area contributed by atoms with E-state index >= 15 is 0 Å². The maximum atomic E-state index is 13.0. The lowest BCUT2D eigenvalue weighted by Crippen LogP contribution is -2.49. The molecule has 37 heavy (non-hydrogen) atoms. The van der Waals surface area contributed by atoms with Crippen molar-refractivity contribution >= 4 is 33.2 Å². The highest BCUT2D eigenvalue weighted by molar-refractivity contribution is 7.89. The van der Waals surface area contributed by atoms with Crippen LogP contribution in [0.5, 0.6) is 0 Å². The molecule has 4 rings (SSSR count). The normalized spacial score (nSPS) is 16.6. The zero-order valence-corrected chi connectivity index (χ0v) is 22.0. The molecule has 0 N–H and O–H groups in total. The van der Waals surface area contributed by atoms with Crippen LogP contribution in [-0.4, -0.2) is 50.3 Å². The number of benzene rings is 3. The first-order chi connectivity index (χ1) is 17.5. The quantitative estimate of drug-likeness (QED) is 0.319. The fourth-order valence-corrected chi connectivity index (χ4v) is 5.93. The fourth-order valence-electron chi connectivity index (χ4n) is 4.08. The van der Waals surface area contributed by atoms with Gasteiger partial charge in [0.2, 0.25) is 10.0 Å². The third-order valence-electron chi connectivity index (χ3n) is 6.16. The van der Waals surface area contributed by atoms with E-state index in [9.17, 15) is 21.6 Å². The zero-order chi connectivity index (χ0) is 26.6. The molecule has 11 heteroatoms. The largest absolute Gasteiger partial charge is 0.416 e. The SMILES string of the molecule is O=S(=O)(c1cccc(Cl)c1)N1CCN(CC(OCc2ccc(C(F)(F)F)cc2)c2ccc(Cl)cc2)CC1. The second-order valence-corrected chi connectivity index (χ2v) is 11.5. The molecule has 0 aliphatic carbocycles. The maximum Gasteiger partial charge on any atom is 0.416 e. The molecule has 0 spiro atoms. The molecule has 3 aromatic rings. The average molecular weight is 573 g/mol. The topological polar surface area (TPSA) is 49.9 Å². The molecule has 3 aromatic carbocycles. The Hall–Kier alpha value is -2.14. The summed E-state index contributed by atoms with van der Waals surface area (Å²) in [5.41, 5.74) is 0.769. The van der Waals surface area contributed by atoms with Gasteiger partial charge in [0.25, 0.3) is 0 Å². The number of rotatable bonds is 8. The highest BCUT2D eigenvalue weighted by Gasteiger charge is 2.31. The Morgan fingerprint density at radius 3 is 2.11 bits per heavy atom. The molecule has 1 heterocycles. The van der Waals surface area contributed by atoms with Crippen LogP contribution < -0.4 is 0 Å². The van der Waals surface area contributed by atoms with Crippen molar-refractivity contribution < 1.29 is 26.3 Å². The number of hydrogen-bond acceptors (Lipinski definition) is 4. The third-order valence-corrected chi connectivity index (χ3v) is 8.55. The number of nitrogens with zero attached hydrogens (tertiary/aromatic N) is 2. The van der Waals surface area contributed by atoms with Crippen LogP contribution in [0.3, 0.4) is 0 Å². The first-order valence-electron chi connectivity index (χ1n) is 11.5. The van der Waals surface area contributed by atoms with Crippen molar-refractivity contribution in [3.8, 4) is 0 Å². The van der Waals surface area contributed by atoms with Crippen molar-refractivity contribution in [2.24, 2.45) is 0 Å². The van der Waals surface area contributed by atoms with Crippen LogP contribution in [0.15, 0.2) is 77.7 Å². The van der Waals surface area contributed by atoms with E-state index in [2.05, 4.69) is 4.90 Å². The van der Waals surface area contributed by atoms with E-state index < -0.39 is 27.9 Å². The molecule has 1 fully saturated rings. The van der Waals surface area contributed by atoms with Gasteiger partial charge in [0.05, 0.1) is 23.2 Å². The maximum absolute atomic E-state index is 13.0. The van der Waals surface area contributed by atoms with Crippen LogP contribution in [0.2, 0.25) is 10.0 Å². The Balaban J connectivity index is 1.41. The van der Waals surface area contributed by atoms with Gasteiger partial charge in [-0.25, -0.2) is 8.42 Å². The van der Waals surface area contributed by atoms with Gasteiger partial charge in [-0.05, 0) is 53.6 Å². The van der Waals surface area contributed by atoms with Gasteiger partial charge in [-0.3, -0.25) is 4.90 Å². The third kappa shape index (κ3) is 7.25. The predicted octanol–water partition coefficient (Wildman–Crippen LogP) is 6.28. The zero-order valence-electron chi connectivity index (χ0n) is 19.7. The van der Waals surface area contributed by atoms with Crippen molar-refractivity contribution in [3.63, 3.8) is 0 Å². The van der Waals surface area contributed by atoms with E-state index in [1.807, 2.05) is 12.1 Å². The lowest BCUT2D eigenvalue weighted by Gasteiger charge is -2.36. The van der Waals surface area contributed by atoms with E-state index in [-0.39, 0.29) is 11.5 Å². The second kappa shape index (κ2) is 11.7. The van der Waals surface area contributed by atoms with E-state index in [0.29, 0.717) is 48.3 Å². The summed E-state index contributed by atoms with van der Waals surface area (Å²) in [5.74, 6) is 0. The molecule has 0 aromatic heterocycles. The van der Waals surface area contributed by atoms with Crippen LogP contribution >= 0.6 is 23.2 Å². The summed E-state index contributed by atoms with van der Waals surface area (Å²) in [4.78, 5) is 2.27. The van der Waals surface area contributed by atoms with Gasteiger partial charge in [-0.15, -0.1) is 0 Å². The number of alkyl halides is 3. The number of hydrogen-bond donors (Lipinski definition) is 0. The fraction of sp³-hybridized carbons (Fsp3) is 0.308. The van der Waals surface area contributed by atoms with Gasteiger partial charge >= 0.3 is 6.18 Å². The van der Waals surface area contributed by atoms with Crippen LogP contribution in [0.4, 0.5) is 13.2 Å². The van der Waals surface area contributed by atoms with Crippen LogP contribution in [0, 0.1) is 0 Å². The van der Waals surface area contributed by atoms with Gasteiger partial charge in [0, 0.05) is 42.8 Å². The molecule has 1 unspecified atom stereocenters. The van der Waals surface area contributed by atoms with Crippen molar-refractivity contribution in [2.75, 3.05) is 32.7 Å². The monoisotopic (exact) mass is 572 g/mol. The van der Waals surface area contributed by atoms with Crippen LogP contribution in [0.25, 0.3) is 0 Å². The lowest BCUT2D eigenvalue weighted by molar-refractivity contribution is -0.137. The van der Waals surface area contributed by atoms with Crippen molar-refractivity contribution in [1.29, 1.82) is 0 Å². The number of ether oxygens (including phenoxy) is 1. The van der Waals surface area contributed by atoms with Gasteiger partial charge in [-0.2, -0.15) is 17.5 Å². The standard InChI is InChI=1S/C26H25Cl2F3N2O3S/c27-22-10-6-20(7-11-22)25(36-18-19-4-8-21(9-5-19)26(29,30)31)17-32-12-14-33(15-13-32)37(34,35)24-3-1-2-23(28)16-24/h1-11,16,25H,12-15,17-18H2. The summed E-state index contributed by atoms with van der Waals surface area (Å²) in [5, 5.41) is 0.931. The second-order valence-electron chi connectivity index (χ2n) is 8.71. The Labute approximate surface area is 224 Å². The Morgan fingerprint density at radius 2 is 1.51 bits per heavy atom. The molecular weight excluding hydrogens is 548 g/mol. The molecular formula is C26H25Cl2F3N2O3S. The summed E-state index contributed by atoms with van der Waals surface area (Å²) in [6, 6.07) is 18.3. The van der Waals surface area contributed by atoms with Gasteiger partial charge in [-0.1, -0.05) is 53.5 Å². The summed E-state index contributed by atoms with van der Waals surface area (Å²) < 4.78 is 72.2. The van der Waals surface area contributed by atoms with E-state index in [1.165, 1.54) is 28.6 Å². The molecule has 1 aliphatic rings. The average Bonchev–Trinajstić information content (AvgIpc) is 2.87. The highest BCUT2D eigenvalue weighted by Crippen LogP contribution is 2.30. The molecule has 0 saturated carbocycles. The van der Waals surface area contributed by atoms with Crippen molar-refractivity contribution in [2.45, 2.75) is 23.8 Å². The van der Waals surface area contributed by atoms with Gasteiger partial charge in [0.15, 0.2) is 0 Å². The Kier molecular flexibility index (Phi) is 8.83. The van der Waals surface area contributed by atoms with Crippen LogP contribution in [0.1, 0.15) is 22.8 Å². The summed E-state index contributed by atoms with van der Waals surface area (Å²) in [7, 11) is -3.66. The van der Waals surface area contributed by atoms with Crippen molar-refractivity contribution in [1.82, 2.24) is 9.21 Å². The number of piperazine rings is 1. The van der Waals surface area contributed by atoms with Crippen molar-refractivity contribution in [3.05, 3.63) is 99.5 Å². The van der Waals surface area contributed by atoms with Gasteiger partial charge in [0.1, 0.15) is 0 Å². The van der Waals surface area contributed by atoms with Crippen LogP contribution in [-0.2, 0) is 27.5 Å². The minimum atomic E-state index is -4.40. The smallest absolute Gasteiger partial charge is 0.368 e. The Morgan fingerprint density at radius 1 is 0.865 bits per heavy atom. The molecule has 198 valence electrons. The lowest BCUT2D eigenvalue weighted by atomic mass is 10.1. The first-order valence-corrected chi connectivity index (χ1v) is 13.7. The number of sulfonamides is 1. The Bertz CT molecular complexity index is 1300. The predicted molar refractivity (Wildman–Crippen MR) is 137 cm³/mol. The molecule has 1 atom stereocenters. The summed E-state index contributed by atoms with van der Waals surface area (Å²) in [6.07, 6.45) is -4.79. The highest BCUT2D eigenvalue weighted by atomic mass is 35.5. The molecule has 5 nitrogen and oxygen atoms in total. The summed E-state index contributed by atoms with van der Waals surface area (Å²) in [6.45, 7) is 2.20.